The average molecular weight is 397 g/mol. The topological polar surface area (TPSA) is 80.2 Å². The molecular weight excluding hydrogens is 383 g/mol. The first-order chi connectivity index (χ1) is 12.6. The highest BCUT2D eigenvalue weighted by molar-refractivity contribution is 7.89. The summed E-state index contributed by atoms with van der Waals surface area (Å²) in [5.41, 5.74) is 2.14. The third-order valence-electron chi connectivity index (χ3n) is 3.93. The molecule has 0 saturated heterocycles. The van der Waals surface area contributed by atoms with Gasteiger partial charge in [0.15, 0.2) is 0 Å². The number of carbonyl (C=O) groups is 1. The number of hydrogen-bond donors (Lipinski definition) is 2. The molecule has 0 aliphatic rings. The lowest BCUT2D eigenvalue weighted by Gasteiger charge is -2.10. The van der Waals surface area contributed by atoms with Gasteiger partial charge in [-0.25, -0.2) is 8.42 Å². The van der Waals surface area contributed by atoms with Crippen molar-refractivity contribution in [3.63, 3.8) is 0 Å². The van der Waals surface area contributed by atoms with Crippen LogP contribution in [0, 0.1) is 0 Å². The number of nitrogens with one attached hydrogen (secondary N) is 2. The zero-order valence-corrected chi connectivity index (χ0v) is 14.7. The minimum atomic E-state index is -4.57. The van der Waals surface area contributed by atoms with Gasteiger partial charge in [-0.05, 0) is 30.3 Å². The van der Waals surface area contributed by atoms with Crippen LogP contribution in [0.1, 0.15) is 15.9 Å². The van der Waals surface area contributed by atoms with E-state index in [9.17, 15) is 26.4 Å². The number of aromatic nitrogens is 1. The lowest BCUT2D eigenvalue weighted by atomic mass is 10.2. The Balaban J connectivity index is 1.77. The normalized spacial score (nSPS) is 12.3. The predicted molar refractivity (Wildman–Crippen MR) is 92.2 cm³/mol. The van der Waals surface area contributed by atoms with E-state index < -0.39 is 32.6 Å². The number of hydrazine groups is 1. The molecular formula is C17H14F3N3O3S. The number of halogens is 3. The molecule has 3 aromatic rings. The van der Waals surface area contributed by atoms with Crippen LogP contribution in [-0.4, -0.2) is 18.9 Å². The molecule has 142 valence electrons. The Kier molecular flexibility index (Phi) is 4.70. The molecule has 2 aromatic carbocycles. The fourth-order valence-electron chi connectivity index (χ4n) is 2.59. The van der Waals surface area contributed by atoms with E-state index in [0.29, 0.717) is 17.5 Å². The fourth-order valence-corrected chi connectivity index (χ4v) is 3.42. The van der Waals surface area contributed by atoms with Crippen molar-refractivity contribution in [2.75, 3.05) is 0 Å². The molecule has 10 heteroatoms. The smallest absolute Gasteiger partial charge is 0.350 e. The van der Waals surface area contributed by atoms with Crippen LogP contribution in [0.15, 0.2) is 59.6 Å². The quantitative estimate of drug-likeness (QED) is 0.665. The predicted octanol–water partition coefficient (Wildman–Crippen LogP) is 2.82. The highest BCUT2D eigenvalue weighted by atomic mass is 32.2. The summed E-state index contributed by atoms with van der Waals surface area (Å²) in [5, 5.41) is 0.631. The number of benzene rings is 2. The molecule has 1 aromatic heterocycles. The number of fused-ring (bicyclic) bond motifs is 1. The summed E-state index contributed by atoms with van der Waals surface area (Å²) < 4.78 is 63.8. The standard InChI is InChI=1S/C17H14F3N3O3S/c1-23-10-14(13-4-2-3-5-15(13)23)16(24)21-22-27(25,26)12-8-6-11(7-9-12)17(18,19)20/h2-10,22H,1H3,(H,21,24). The van der Waals surface area contributed by atoms with Crippen LogP contribution in [0.5, 0.6) is 0 Å². The van der Waals surface area contributed by atoms with Crippen molar-refractivity contribution < 1.29 is 26.4 Å². The number of rotatable bonds is 4. The minimum absolute atomic E-state index is 0.253. The Hall–Kier alpha value is -2.85. The van der Waals surface area contributed by atoms with Crippen molar-refractivity contribution in [3.8, 4) is 0 Å². The lowest BCUT2D eigenvalue weighted by Crippen LogP contribution is -2.41. The van der Waals surface area contributed by atoms with Crippen molar-refractivity contribution in [1.82, 2.24) is 14.8 Å². The van der Waals surface area contributed by atoms with Crippen molar-refractivity contribution in [2.24, 2.45) is 7.05 Å². The average Bonchev–Trinajstić information content (AvgIpc) is 2.96. The third kappa shape index (κ3) is 3.81. The van der Waals surface area contributed by atoms with Gasteiger partial charge < -0.3 is 4.57 Å². The molecule has 0 saturated carbocycles. The number of carbonyl (C=O) groups excluding carboxylic acids is 1. The molecule has 2 N–H and O–H groups in total. The molecule has 3 rings (SSSR count). The second kappa shape index (κ2) is 6.71. The van der Waals surface area contributed by atoms with Gasteiger partial charge in [0.2, 0.25) is 0 Å². The number of aryl methyl sites for hydroxylation is 1. The van der Waals surface area contributed by atoms with Gasteiger partial charge in [-0.1, -0.05) is 18.2 Å². The molecule has 0 aliphatic carbocycles. The van der Waals surface area contributed by atoms with Crippen LogP contribution in [0.25, 0.3) is 10.9 Å². The van der Waals surface area contributed by atoms with Crippen molar-refractivity contribution in [3.05, 3.63) is 65.9 Å². The van der Waals surface area contributed by atoms with E-state index in [2.05, 4.69) is 5.43 Å². The van der Waals surface area contributed by atoms with E-state index in [1.54, 1.807) is 42.1 Å². The third-order valence-corrected chi connectivity index (χ3v) is 5.20. The second-order valence-electron chi connectivity index (χ2n) is 5.75. The summed E-state index contributed by atoms with van der Waals surface area (Å²) in [6.07, 6.45) is -3.02. The maximum atomic E-state index is 12.6. The summed E-state index contributed by atoms with van der Waals surface area (Å²) in [6.45, 7) is 0. The molecule has 0 aliphatic heterocycles. The summed E-state index contributed by atoms with van der Waals surface area (Å²) >= 11 is 0. The van der Waals surface area contributed by atoms with E-state index in [0.717, 1.165) is 17.6 Å². The van der Waals surface area contributed by atoms with Gasteiger partial charge in [-0.3, -0.25) is 10.2 Å². The number of sulfonamides is 1. The zero-order chi connectivity index (χ0) is 19.8. The monoisotopic (exact) mass is 397 g/mol. The lowest BCUT2D eigenvalue weighted by molar-refractivity contribution is -0.137. The number of hydrogen-bond acceptors (Lipinski definition) is 3. The molecule has 6 nitrogen and oxygen atoms in total. The fraction of sp³-hybridized carbons (Fsp3) is 0.118. The summed E-state index contributed by atoms with van der Waals surface area (Å²) in [4.78, 5) is 13.8. The summed E-state index contributed by atoms with van der Waals surface area (Å²) in [5.74, 6) is -0.692. The maximum Gasteiger partial charge on any atom is 0.416 e. The van der Waals surface area contributed by atoms with E-state index in [1.807, 2.05) is 4.83 Å². The molecule has 0 unspecified atom stereocenters. The first kappa shape index (κ1) is 18.9. The Morgan fingerprint density at radius 1 is 1.04 bits per heavy atom. The maximum absolute atomic E-state index is 12.6. The molecule has 27 heavy (non-hydrogen) atoms. The zero-order valence-electron chi connectivity index (χ0n) is 13.9. The van der Waals surface area contributed by atoms with E-state index in [-0.39, 0.29) is 5.56 Å². The van der Waals surface area contributed by atoms with E-state index in [4.69, 9.17) is 0 Å². The Morgan fingerprint density at radius 2 is 1.67 bits per heavy atom. The van der Waals surface area contributed by atoms with Crippen LogP contribution in [0.2, 0.25) is 0 Å². The van der Waals surface area contributed by atoms with Crippen LogP contribution in [0.4, 0.5) is 13.2 Å². The first-order valence-corrected chi connectivity index (χ1v) is 9.11. The van der Waals surface area contributed by atoms with Crippen molar-refractivity contribution >= 4 is 26.8 Å². The first-order valence-electron chi connectivity index (χ1n) is 7.63. The van der Waals surface area contributed by atoms with Gasteiger partial charge >= 0.3 is 6.18 Å². The molecule has 0 spiro atoms. The van der Waals surface area contributed by atoms with Gasteiger partial charge in [-0.2, -0.15) is 13.2 Å². The van der Waals surface area contributed by atoms with Gasteiger partial charge in [0.05, 0.1) is 16.0 Å². The van der Waals surface area contributed by atoms with Crippen molar-refractivity contribution in [2.45, 2.75) is 11.1 Å². The SMILES string of the molecule is Cn1cc(C(=O)NNS(=O)(=O)c2ccc(C(F)(F)F)cc2)c2ccccc21. The minimum Gasteiger partial charge on any atom is -0.350 e. The molecule has 1 amide bonds. The van der Waals surface area contributed by atoms with Crippen LogP contribution < -0.4 is 10.3 Å². The molecule has 0 bridgehead atoms. The number of para-hydroxylation sites is 1. The van der Waals surface area contributed by atoms with Crippen LogP contribution >= 0.6 is 0 Å². The highest BCUT2D eigenvalue weighted by Crippen LogP contribution is 2.29. The van der Waals surface area contributed by atoms with Gasteiger partial charge in [-0.15, -0.1) is 4.83 Å². The van der Waals surface area contributed by atoms with Crippen molar-refractivity contribution in [1.29, 1.82) is 0 Å². The van der Waals surface area contributed by atoms with Crippen LogP contribution in [0.3, 0.4) is 0 Å². The van der Waals surface area contributed by atoms with E-state index >= 15 is 0 Å². The Bertz CT molecular complexity index is 1100. The molecule has 0 fully saturated rings. The second-order valence-corrected chi connectivity index (χ2v) is 7.43. The van der Waals surface area contributed by atoms with Gasteiger partial charge in [0.1, 0.15) is 0 Å². The molecule has 0 atom stereocenters. The summed E-state index contributed by atoms with van der Waals surface area (Å²) in [6, 6.07) is 10.0. The molecule has 0 radical (unpaired) electrons. The summed E-state index contributed by atoms with van der Waals surface area (Å²) in [7, 11) is -2.49. The highest BCUT2D eigenvalue weighted by Gasteiger charge is 2.30. The number of nitrogens with zero attached hydrogens (tertiary/aromatic N) is 1. The van der Waals surface area contributed by atoms with Crippen LogP contribution in [-0.2, 0) is 23.2 Å². The Morgan fingerprint density at radius 3 is 2.30 bits per heavy atom. The number of amides is 1. The van der Waals surface area contributed by atoms with Gasteiger partial charge in [0.25, 0.3) is 15.9 Å². The Labute approximate surface area is 152 Å². The van der Waals surface area contributed by atoms with E-state index in [1.165, 1.54) is 0 Å². The largest absolute Gasteiger partial charge is 0.416 e. The number of alkyl halides is 3. The van der Waals surface area contributed by atoms with Gasteiger partial charge in [0, 0.05) is 24.1 Å². The molecule has 1 heterocycles.